The number of hydrogen-bond donors (Lipinski definition) is 0. The third-order valence-corrected chi connectivity index (χ3v) is 4.61. The molecule has 3 rings (SSSR count). The number of hydrogen-bond acceptors (Lipinski definition) is 4. The highest BCUT2D eigenvalue weighted by Gasteiger charge is 2.34. The van der Waals surface area contributed by atoms with E-state index in [1.165, 1.54) is 11.3 Å². The van der Waals surface area contributed by atoms with Gasteiger partial charge in [-0.15, -0.1) is 11.3 Å². The van der Waals surface area contributed by atoms with Crippen molar-refractivity contribution in [3.8, 4) is 10.6 Å². The van der Waals surface area contributed by atoms with Crippen molar-refractivity contribution in [1.82, 2.24) is 9.97 Å². The van der Waals surface area contributed by atoms with Crippen LogP contribution in [0.15, 0.2) is 23.6 Å². The predicted molar refractivity (Wildman–Crippen MR) is 81.0 cm³/mol. The van der Waals surface area contributed by atoms with Crippen LogP contribution in [0.1, 0.15) is 25.5 Å². The molecule has 0 bridgehead atoms. The molecule has 7 heteroatoms. The molecule has 1 fully saturated rings. The number of alkyl halides is 3. The zero-order valence-electron chi connectivity index (χ0n) is 12.1. The molecule has 0 radical (unpaired) electrons. The number of anilines is 1. The summed E-state index contributed by atoms with van der Waals surface area (Å²) >= 11 is 1.38. The first-order valence-corrected chi connectivity index (χ1v) is 8.06. The minimum atomic E-state index is -4.47. The zero-order valence-corrected chi connectivity index (χ0v) is 12.9. The Morgan fingerprint density at radius 2 is 2.14 bits per heavy atom. The topological polar surface area (TPSA) is 29.0 Å². The normalized spacial score (nSPS) is 19.5. The maximum Gasteiger partial charge on any atom is 0.433 e. The lowest BCUT2D eigenvalue weighted by atomic mass is 10.0. The highest BCUT2D eigenvalue weighted by Crippen LogP contribution is 2.33. The molecule has 1 unspecified atom stereocenters. The van der Waals surface area contributed by atoms with Gasteiger partial charge in [-0.2, -0.15) is 13.2 Å². The average Bonchev–Trinajstić information content (AvgIpc) is 3.00. The third kappa shape index (κ3) is 3.24. The van der Waals surface area contributed by atoms with E-state index < -0.39 is 11.9 Å². The van der Waals surface area contributed by atoms with Crippen LogP contribution in [0.3, 0.4) is 0 Å². The van der Waals surface area contributed by atoms with Crippen molar-refractivity contribution in [3.05, 3.63) is 29.3 Å². The Morgan fingerprint density at radius 3 is 2.77 bits per heavy atom. The van der Waals surface area contributed by atoms with Crippen molar-refractivity contribution < 1.29 is 13.2 Å². The highest BCUT2D eigenvalue weighted by atomic mass is 32.1. The molecule has 0 saturated carbocycles. The Kier molecular flexibility index (Phi) is 4.08. The van der Waals surface area contributed by atoms with Gasteiger partial charge in [-0.05, 0) is 36.3 Å². The number of halogens is 3. The predicted octanol–water partition coefficient (Wildman–Crippen LogP) is 4.46. The maximum absolute atomic E-state index is 13.1. The van der Waals surface area contributed by atoms with E-state index >= 15 is 0 Å². The molecule has 1 saturated heterocycles. The van der Waals surface area contributed by atoms with Gasteiger partial charge in [-0.25, -0.2) is 9.97 Å². The Labute approximate surface area is 130 Å². The summed E-state index contributed by atoms with van der Waals surface area (Å²) in [5.41, 5.74) is -0.537. The van der Waals surface area contributed by atoms with E-state index in [4.69, 9.17) is 0 Å². The van der Waals surface area contributed by atoms with E-state index in [1.54, 1.807) is 12.1 Å². The van der Waals surface area contributed by atoms with E-state index in [2.05, 4.69) is 16.9 Å². The molecule has 1 aliphatic heterocycles. The maximum atomic E-state index is 13.1. The van der Waals surface area contributed by atoms with Crippen LogP contribution in [0, 0.1) is 5.92 Å². The summed E-state index contributed by atoms with van der Waals surface area (Å²) in [4.78, 5) is 10.7. The van der Waals surface area contributed by atoms with Gasteiger partial charge in [0.25, 0.3) is 0 Å². The van der Waals surface area contributed by atoms with Crippen molar-refractivity contribution in [2.75, 3.05) is 18.0 Å². The van der Waals surface area contributed by atoms with Crippen molar-refractivity contribution >= 4 is 17.3 Å². The fourth-order valence-electron chi connectivity index (χ4n) is 2.64. The fourth-order valence-corrected chi connectivity index (χ4v) is 3.33. The minimum Gasteiger partial charge on any atom is -0.341 e. The molecule has 0 amide bonds. The van der Waals surface area contributed by atoms with Gasteiger partial charge in [-0.1, -0.05) is 13.0 Å². The second-order valence-corrected chi connectivity index (χ2v) is 6.55. The molecule has 3 heterocycles. The second-order valence-electron chi connectivity index (χ2n) is 5.61. The molecule has 1 atom stereocenters. The molecule has 0 aromatic carbocycles. The molecule has 22 heavy (non-hydrogen) atoms. The third-order valence-electron chi connectivity index (χ3n) is 3.72. The van der Waals surface area contributed by atoms with Gasteiger partial charge in [-0.3, -0.25) is 0 Å². The molecule has 0 aliphatic carbocycles. The smallest absolute Gasteiger partial charge is 0.341 e. The van der Waals surface area contributed by atoms with Crippen molar-refractivity contribution in [3.63, 3.8) is 0 Å². The highest BCUT2D eigenvalue weighted by molar-refractivity contribution is 7.13. The van der Waals surface area contributed by atoms with Crippen molar-refractivity contribution in [2.24, 2.45) is 5.92 Å². The molecule has 118 valence electrons. The number of piperidine rings is 1. The van der Waals surface area contributed by atoms with E-state index in [9.17, 15) is 13.2 Å². The Balaban J connectivity index is 2.03. The summed E-state index contributed by atoms with van der Waals surface area (Å²) in [5, 5.41) is 1.83. The van der Waals surface area contributed by atoms with Crippen LogP contribution in [0.5, 0.6) is 0 Å². The number of aromatic nitrogens is 2. The van der Waals surface area contributed by atoms with Crippen molar-refractivity contribution in [2.45, 2.75) is 25.9 Å². The van der Waals surface area contributed by atoms with E-state index in [-0.39, 0.29) is 5.95 Å². The minimum absolute atomic E-state index is 0.185. The summed E-state index contributed by atoms with van der Waals surface area (Å²) in [5.74, 6) is 0.627. The van der Waals surface area contributed by atoms with Gasteiger partial charge in [0.2, 0.25) is 5.95 Å². The van der Waals surface area contributed by atoms with Crippen LogP contribution >= 0.6 is 11.3 Å². The van der Waals surface area contributed by atoms with Crippen LogP contribution in [0.25, 0.3) is 10.6 Å². The molecule has 2 aromatic heterocycles. The Bertz CT molecular complexity index is 640. The first-order valence-electron chi connectivity index (χ1n) is 7.18. The lowest BCUT2D eigenvalue weighted by Crippen LogP contribution is -2.36. The molecule has 0 N–H and O–H groups in total. The summed E-state index contributed by atoms with van der Waals surface area (Å²) in [6.45, 7) is 3.50. The standard InChI is InChI=1S/C15H16F3N3S/c1-10-4-2-6-21(9-10)14-19-11(12-5-3-7-22-12)8-13(20-14)15(16,17)18/h3,5,7-8,10H,2,4,6,9H2,1H3. The van der Waals surface area contributed by atoms with E-state index in [0.29, 0.717) is 24.7 Å². The van der Waals surface area contributed by atoms with Crippen LogP contribution in [-0.2, 0) is 6.18 Å². The van der Waals surface area contributed by atoms with Crippen LogP contribution in [0.4, 0.5) is 19.1 Å². The average molecular weight is 327 g/mol. The van der Waals surface area contributed by atoms with Crippen LogP contribution in [0.2, 0.25) is 0 Å². The second kappa shape index (κ2) is 5.87. The van der Waals surface area contributed by atoms with Gasteiger partial charge in [0.1, 0.15) is 0 Å². The Morgan fingerprint density at radius 1 is 1.32 bits per heavy atom. The zero-order chi connectivity index (χ0) is 15.7. The molecule has 2 aromatic rings. The SMILES string of the molecule is CC1CCCN(c2nc(-c3cccs3)cc(C(F)(F)F)n2)C1. The van der Waals surface area contributed by atoms with Gasteiger partial charge in [0.05, 0.1) is 10.6 Å². The molecule has 0 spiro atoms. The van der Waals surface area contributed by atoms with Crippen LogP contribution in [-0.4, -0.2) is 23.1 Å². The first-order chi connectivity index (χ1) is 10.4. The van der Waals surface area contributed by atoms with Gasteiger partial charge in [0.15, 0.2) is 5.69 Å². The van der Waals surface area contributed by atoms with Crippen LogP contribution < -0.4 is 4.90 Å². The number of rotatable bonds is 2. The van der Waals surface area contributed by atoms with Gasteiger partial charge >= 0.3 is 6.18 Å². The molecule has 3 nitrogen and oxygen atoms in total. The largest absolute Gasteiger partial charge is 0.433 e. The quantitative estimate of drug-likeness (QED) is 0.815. The van der Waals surface area contributed by atoms with Gasteiger partial charge < -0.3 is 4.90 Å². The number of thiophene rings is 1. The summed E-state index contributed by atoms with van der Waals surface area (Å²) in [6.07, 6.45) is -2.42. The lowest BCUT2D eigenvalue weighted by Gasteiger charge is -2.31. The van der Waals surface area contributed by atoms with Crippen molar-refractivity contribution in [1.29, 1.82) is 0 Å². The first kappa shape index (κ1) is 15.3. The van der Waals surface area contributed by atoms with E-state index in [1.807, 2.05) is 10.3 Å². The Hall–Kier alpha value is -1.63. The lowest BCUT2D eigenvalue weighted by molar-refractivity contribution is -0.141. The molecular weight excluding hydrogens is 311 g/mol. The molecular formula is C15H16F3N3S. The summed E-state index contributed by atoms with van der Waals surface area (Å²) in [7, 11) is 0. The number of nitrogens with zero attached hydrogens (tertiary/aromatic N) is 3. The van der Waals surface area contributed by atoms with Gasteiger partial charge in [0, 0.05) is 13.1 Å². The summed E-state index contributed by atoms with van der Waals surface area (Å²) in [6, 6.07) is 4.61. The molecule has 1 aliphatic rings. The van der Waals surface area contributed by atoms with E-state index in [0.717, 1.165) is 23.8 Å². The fraction of sp³-hybridized carbons (Fsp3) is 0.467. The summed E-state index contributed by atoms with van der Waals surface area (Å²) < 4.78 is 39.4. The monoisotopic (exact) mass is 327 g/mol.